The third-order valence-electron chi connectivity index (χ3n) is 3.37. The molecule has 1 aromatic rings. The van der Waals surface area contributed by atoms with Crippen LogP contribution in [0.2, 0.25) is 0 Å². The maximum atomic E-state index is 5.42. The molecule has 1 rings (SSSR count). The summed E-state index contributed by atoms with van der Waals surface area (Å²) >= 11 is 0. The summed E-state index contributed by atoms with van der Waals surface area (Å²) in [6, 6.07) is 4.63. The van der Waals surface area contributed by atoms with Crippen LogP contribution in [0.15, 0.2) is 22.8 Å². The molecule has 3 heteroatoms. The molecule has 1 unspecified atom stereocenters. The number of hydrogen-bond donors (Lipinski definition) is 1. The van der Waals surface area contributed by atoms with Crippen LogP contribution in [-0.2, 0) is 6.54 Å². The maximum Gasteiger partial charge on any atom is 0.117 e. The SMILES string of the molecule is CCCNCCCC(C)N(CC)Cc1ccco1. The Hall–Kier alpha value is -0.800. The predicted molar refractivity (Wildman–Crippen MR) is 76.6 cm³/mol. The van der Waals surface area contributed by atoms with Gasteiger partial charge in [0.2, 0.25) is 0 Å². The molecule has 0 saturated heterocycles. The summed E-state index contributed by atoms with van der Waals surface area (Å²) in [5.74, 6) is 1.06. The standard InChI is InChI=1S/C15H28N2O/c1-4-10-16-11-6-8-14(3)17(5-2)13-15-9-7-12-18-15/h7,9,12,14,16H,4-6,8,10-11,13H2,1-3H3. The average Bonchev–Trinajstić information content (AvgIpc) is 2.88. The van der Waals surface area contributed by atoms with Crippen molar-refractivity contribution in [3.63, 3.8) is 0 Å². The van der Waals surface area contributed by atoms with Gasteiger partial charge in [-0.15, -0.1) is 0 Å². The molecule has 1 atom stereocenters. The highest BCUT2D eigenvalue weighted by Crippen LogP contribution is 2.12. The van der Waals surface area contributed by atoms with Crippen LogP contribution >= 0.6 is 0 Å². The van der Waals surface area contributed by atoms with Crippen LogP contribution in [-0.4, -0.2) is 30.6 Å². The molecular formula is C15H28N2O. The number of rotatable bonds is 10. The number of hydrogen-bond acceptors (Lipinski definition) is 3. The first kappa shape index (κ1) is 15.3. The first-order valence-corrected chi connectivity index (χ1v) is 7.25. The van der Waals surface area contributed by atoms with Gasteiger partial charge in [-0.3, -0.25) is 4.90 Å². The zero-order valence-corrected chi connectivity index (χ0v) is 12.1. The van der Waals surface area contributed by atoms with Crippen molar-refractivity contribution in [2.24, 2.45) is 0 Å². The van der Waals surface area contributed by atoms with Gasteiger partial charge in [0.25, 0.3) is 0 Å². The lowest BCUT2D eigenvalue weighted by Crippen LogP contribution is -2.33. The molecule has 0 bridgehead atoms. The monoisotopic (exact) mass is 252 g/mol. The molecule has 1 N–H and O–H groups in total. The van der Waals surface area contributed by atoms with Crippen molar-refractivity contribution in [1.82, 2.24) is 10.2 Å². The van der Waals surface area contributed by atoms with Crippen LogP contribution in [0.3, 0.4) is 0 Å². The highest BCUT2D eigenvalue weighted by molar-refractivity contribution is 4.98. The molecule has 3 nitrogen and oxygen atoms in total. The summed E-state index contributed by atoms with van der Waals surface area (Å²) in [5.41, 5.74) is 0. The molecule has 0 radical (unpaired) electrons. The third kappa shape index (κ3) is 5.69. The molecule has 0 amide bonds. The Balaban J connectivity index is 2.22. The third-order valence-corrected chi connectivity index (χ3v) is 3.37. The predicted octanol–water partition coefficient (Wildman–Crippen LogP) is 3.27. The van der Waals surface area contributed by atoms with E-state index in [-0.39, 0.29) is 0 Å². The largest absolute Gasteiger partial charge is 0.468 e. The minimum absolute atomic E-state index is 0.614. The molecule has 1 aromatic heterocycles. The van der Waals surface area contributed by atoms with Crippen LogP contribution in [0.4, 0.5) is 0 Å². The fourth-order valence-corrected chi connectivity index (χ4v) is 2.19. The zero-order chi connectivity index (χ0) is 13.2. The number of furan rings is 1. The summed E-state index contributed by atoms with van der Waals surface area (Å²) in [6.07, 6.45) is 5.46. The average molecular weight is 252 g/mol. The molecule has 0 aliphatic carbocycles. The maximum absolute atomic E-state index is 5.42. The minimum atomic E-state index is 0.614. The first-order chi connectivity index (χ1) is 8.77. The Morgan fingerprint density at radius 1 is 1.33 bits per heavy atom. The van der Waals surface area contributed by atoms with Crippen molar-refractivity contribution >= 4 is 0 Å². The van der Waals surface area contributed by atoms with Crippen molar-refractivity contribution in [2.75, 3.05) is 19.6 Å². The van der Waals surface area contributed by atoms with E-state index in [0.717, 1.165) is 31.9 Å². The highest BCUT2D eigenvalue weighted by Gasteiger charge is 2.13. The van der Waals surface area contributed by atoms with Gasteiger partial charge >= 0.3 is 0 Å². The summed E-state index contributed by atoms with van der Waals surface area (Å²) in [4.78, 5) is 2.47. The highest BCUT2D eigenvalue weighted by atomic mass is 16.3. The Morgan fingerprint density at radius 3 is 2.78 bits per heavy atom. The first-order valence-electron chi connectivity index (χ1n) is 7.25. The van der Waals surface area contributed by atoms with E-state index >= 15 is 0 Å². The second-order valence-electron chi connectivity index (χ2n) is 4.88. The Morgan fingerprint density at radius 2 is 2.17 bits per heavy atom. The van der Waals surface area contributed by atoms with E-state index in [0.29, 0.717) is 6.04 Å². The lowest BCUT2D eigenvalue weighted by Gasteiger charge is -2.27. The number of nitrogens with zero attached hydrogens (tertiary/aromatic N) is 1. The smallest absolute Gasteiger partial charge is 0.117 e. The molecule has 0 fully saturated rings. The summed E-state index contributed by atoms with van der Waals surface area (Å²) in [5, 5.41) is 3.46. The van der Waals surface area contributed by atoms with E-state index in [2.05, 4.69) is 37.1 Å². The van der Waals surface area contributed by atoms with E-state index in [4.69, 9.17) is 4.42 Å². The summed E-state index contributed by atoms with van der Waals surface area (Å²) < 4.78 is 5.42. The zero-order valence-electron chi connectivity index (χ0n) is 12.1. The fraction of sp³-hybridized carbons (Fsp3) is 0.733. The van der Waals surface area contributed by atoms with E-state index < -0.39 is 0 Å². The van der Waals surface area contributed by atoms with Crippen LogP contribution in [0, 0.1) is 0 Å². The van der Waals surface area contributed by atoms with Gasteiger partial charge in [0, 0.05) is 6.04 Å². The van der Waals surface area contributed by atoms with Gasteiger partial charge in [-0.1, -0.05) is 13.8 Å². The lowest BCUT2D eigenvalue weighted by molar-refractivity contribution is 0.184. The topological polar surface area (TPSA) is 28.4 Å². The molecule has 1 heterocycles. The molecule has 0 spiro atoms. The molecule has 0 saturated carbocycles. The van der Waals surface area contributed by atoms with Crippen LogP contribution < -0.4 is 5.32 Å². The van der Waals surface area contributed by atoms with Crippen molar-refractivity contribution < 1.29 is 4.42 Å². The Labute approximate surface area is 112 Å². The van der Waals surface area contributed by atoms with Gasteiger partial charge in [-0.2, -0.15) is 0 Å². The van der Waals surface area contributed by atoms with Crippen molar-refractivity contribution in [3.8, 4) is 0 Å². The quantitative estimate of drug-likeness (QED) is 0.648. The van der Waals surface area contributed by atoms with Gasteiger partial charge < -0.3 is 9.73 Å². The van der Waals surface area contributed by atoms with Crippen LogP contribution in [0.1, 0.15) is 45.8 Å². The fourth-order valence-electron chi connectivity index (χ4n) is 2.19. The molecule has 104 valence electrons. The van der Waals surface area contributed by atoms with Gasteiger partial charge in [-0.05, 0) is 58.0 Å². The van der Waals surface area contributed by atoms with E-state index in [1.807, 2.05) is 6.07 Å². The molecule has 0 aromatic carbocycles. The molecular weight excluding hydrogens is 224 g/mol. The Kier molecular flexibility index (Phi) is 7.78. The summed E-state index contributed by atoms with van der Waals surface area (Å²) in [7, 11) is 0. The lowest BCUT2D eigenvalue weighted by atomic mass is 10.1. The molecule has 0 aliphatic rings. The van der Waals surface area contributed by atoms with Crippen molar-refractivity contribution in [1.29, 1.82) is 0 Å². The van der Waals surface area contributed by atoms with Gasteiger partial charge in [0.05, 0.1) is 12.8 Å². The molecule has 18 heavy (non-hydrogen) atoms. The molecule has 0 aliphatic heterocycles. The van der Waals surface area contributed by atoms with E-state index in [9.17, 15) is 0 Å². The van der Waals surface area contributed by atoms with Crippen molar-refractivity contribution in [2.45, 2.75) is 52.6 Å². The second-order valence-corrected chi connectivity index (χ2v) is 4.88. The van der Waals surface area contributed by atoms with Gasteiger partial charge in [0.15, 0.2) is 0 Å². The Bertz CT molecular complexity index is 285. The normalized spacial score (nSPS) is 13.1. The van der Waals surface area contributed by atoms with Crippen molar-refractivity contribution in [3.05, 3.63) is 24.2 Å². The van der Waals surface area contributed by atoms with Gasteiger partial charge in [-0.25, -0.2) is 0 Å². The second kappa shape index (κ2) is 9.17. The van der Waals surface area contributed by atoms with E-state index in [1.54, 1.807) is 6.26 Å². The van der Waals surface area contributed by atoms with Crippen LogP contribution in [0.5, 0.6) is 0 Å². The summed E-state index contributed by atoms with van der Waals surface area (Å²) in [6.45, 7) is 11.0. The minimum Gasteiger partial charge on any atom is -0.468 e. The number of nitrogens with one attached hydrogen (secondary N) is 1. The van der Waals surface area contributed by atoms with Gasteiger partial charge in [0.1, 0.15) is 5.76 Å². The van der Waals surface area contributed by atoms with E-state index in [1.165, 1.54) is 19.3 Å². The van der Waals surface area contributed by atoms with Crippen LogP contribution in [0.25, 0.3) is 0 Å².